The molecule has 15 heavy (non-hydrogen) atoms. The normalized spacial score (nSPS) is 29.5. The molecule has 0 saturated heterocycles. The predicted molar refractivity (Wildman–Crippen MR) is 52.9 cm³/mol. The Balaban J connectivity index is 2.35. The van der Waals surface area contributed by atoms with Gasteiger partial charge in [0, 0.05) is 12.2 Å². The summed E-state index contributed by atoms with van der Waals surface area (Å²) in [5.74, 6) is 0. The first kappa shape index (κ1) is 10.1. The van der Waals surface area contributed by atoms with E-state index < -0.39 is 17.9 Å². The van der Waals surface area contributed by atoms with Crippen LogP contribution in [-0.4, -0.2) is 11.0 Å². The molecule has 1 aliphatic carbocycles. The molecule has 1 heterocycles. The molecular formula is C10H12F2N2O. The maximum Gasteiger partial charge on any atom is 0.273 e. The average Bonchev–Trinajstić information content (AvgIpc) is 2.84. The van der Waals surface area contributed by atoms with Gasteiger partial charge >= 0.3 is 0 Å². The minimum atomic E-state index is -2.41. The van der Waals surface area contributed by atoms with Crippen LogP contribution in [0.3, 0.4) is 0 Å². The monoisotopic (exact) mass is 214 g/mol. The van der Waals surface area contributed by atoms with Crippen molar-refractivity contribution in [2.24, 2.45) is 5.41 Å². The smallest absolute Gasteiger partial charge is 0.273 e. The van der Waals surface area contributed by atoms with Gasteiger partial charge in [0.05, 0.1) is 11.1 Å². The molecule has 1 saturated carbocycles. The van der Waals surface area contributed by atoms with E-state index in [1.807, 2.05) is 0 Å². The van der Waals surface area contributed by atoms with Crippen molar-refractivity contribution in [2.75, 3.05) is 5.73 Å². The minimum absolute atomic E-state index is 0.0982. The van der Waals surface area contributed by atoms with E-state index in [1.54, 1.807) is 6.07 Å². The highest BCUT2D eigenvalue weighted by Gasteiger charge is 2.58. The Morgan fingerprint density at radius 1 is 1.67 bits per heavy atom. The fourth-order valence-corrected chi connectivity index (χ4v) is 1.78. The van der Waals surface area contributed by atoms with Crippen LogP contribution in [0.5, 0.6) is 0 Å². The van der Waals surface area contributed by atoms with Crippen LogP contribution in [0.1, 0.15) is 19.4 Å². The van der Waals surface area contributed by atoms with E-state index in [2.05, 4.69) is 0 Å². The van der Waals surface area contributed by atoms with Crippen molar-refractivity contribution in [1.82, 2.24) is 4.57 Å². The van der Waals surface area contributed by atoms with Gasteiger partial charge in [-0.05, 0) is 18.6 Å². The van der Waals surface area contributed by atoms with Gasteiger partial charge in [0.15, 0.2) is 0 Å². The number of pyridine rings is 1. The van der Waals surface area contributed by atoms with E-state index >= 15 is 0 Å². The summed E-state index contributed by atoms with van der Waals surface area (Å²) >= 11 is 0. The van der Waals surface area contributed by atoms with Gasteiger partial charge in [-0.15, -0.1) is 0 Å². The van der Waals surface area contributed by atoms with Crippen molar-refractivity contribution in [2.45, 2.75) is 25.8 Å². The maximum atomic E-state index is 12.6. The Labute approximate surface area is 85.5 Å². The third-order valence-corrected chi connectivity index (χ3v) is 3.07. The molecule has 2 atom stereocenters. The quantitative estimate of drug-likeness (QED) is 0.813. The van der Waals surface area contributed by atoms with Crippen LogP contribution in [0.4, 0.5) is 14.5 Å². The van der Waals surface area contributed by atoms with Gasteiger partial charge in [0.1, 0.15) is 0 Å². The molecule has 3 nitrogen and oxygen atoms in total. The fraction of sp³-hybridized carbons (Fsp3) is 0.500. The molecule has 1 aliphatic rings. The Morgan fingerprint density at radius 2 is 2.33 bits per heavy atom. The summed E-state index contributed by atoms with van der Waals surface area (Å²) < 4.78 is 26.6. The van der Waals surface area contributed by atoms with E-state index in [0.29, 0.717) is 6.42 Å². The number of hydrogen-bond donors (Lipinski definition) is 1. The van der Waals surface area contributed by atoms with Crippen molar-refractivity contribution in [3.05, 3.63) is 28.7 Å². The van der Waals surface area contributed by atoms with E-state index in [9.17, 15) is 13.6 Å². The van der Waals surface area contributed by atoms with Crippen molar-refractivity contribution < 1.29 is 8.78 Å². The molecule has 1 aromatic heterocycles. The zero-order chi connectivity index (χ0) is 11.2. The molecule has 0 bridgehead atoms. The second kappa shape index (κ2) is 3.05. The molecule has 0 unspecified atom stereocenters. The summed E-state index contributed by atoms with van der Waals surface area (Å²) in [6.07, 6.45) is -0.568. The number of aromatic nitrogens is 1. The lowest BCUT2D eigenvalue weighted by atomic mass is 10.1. The van der Waals surface area contributed by atoms with Crippen molar-refractivity contribution in [1.29, 1.82) is 0 Å². The van der Waals surface area contributed by atoms with Crippen LogP contribution in [0.15, 0.2) is 23.1 Å². The van der Waals surface area contributed by atoms with Gasteiger partial charge < -0.3 is 10.3 Å². The number of alkyl halides is 2. The molecule has 0 spiro atoms. The average molecular weight is 214 g/mol. The maximum absolute atomic E-state index is 12.6. The first-order valence-corrected chi connectivity index (χ1v) is 4.71. The molecular weight excluding hydrogens is 202 g/mol. The Morgan fingerprint density at radius 3 is 2.87 bits per heavy atom. The Hall–Kier alpha value is -1.39. The van der Waals surface area contributed by atoms with Gasteiger partial charge in [-0.25, -0.2) is 8.78 Å². The fourth-order valence-electron chi connectivity index (χ4n) is 1.78. The first-order chi connectivity index (χ1) is 6.97. The van der Waals surface area contributed by atoms with Crippen molar-refractivity contribution in [3.63, 3.8) is 0 Å². The van der Waals surface area contributed by atoms with E-state index in [0.717, 1.165) is 0 Å². The third-order valence-electron chi connectivity index (χ3n) is 3.07. The lowest BCUT2D eigenvalue weighted by Crippen LogP contribution is -2.24. The lowest BCUT2D eigenvalue weighted by Gasteiger charge is -2.11. The van der Waals surface area contributed by atoms with Gasteiger partial charge in [0.25, 0.3) is 5.56 Å². The number of nitrogens with zero attached hydrogens (tertiary/aromatic N) is 1. The van der Waals surface area contributed by atoms with Crippen LogP contribution in [0, 0.1) is 5.41 Å². The highest BCUT2D eigenvalue weighted by molar-refractivity contribution is 5.34. The second-order valence-corrected chi connectivity index (χ2v) is 4.20. The zero-order valence-electron chi connectivity index (χ0n) is 8.28. The molecule has 5 heteroatoms. The summed E-state index contributed by atoms with van der Waals surface area (Å²) in [7, 11) is 0. The number of nitrogens with two attached hydrogens (primary N) is 1. The van der Waals surface area contributed by atoms with Gasteiger partial charge in [-0.3, -0.25) is 4.79 Å². The van der Waals surface area contributed by atoms with E-state index in [4.69, 9.17) is 5.73 Å². The second-order valence-electron chi connectivity index (χ2n) is 4.20. The number of rotatable bonds is 2. The molecule has 2 rings (SSSR count). The van der Waals surface area contributed by atoms with Crippen LogP contribution >= 0.6 is 0 Å². The molecule has 0 radical (unpaired) electrons. The molecule has 0 aromatic carbocycles. The number of anilines is 1. The van der Waals surface area contributed by atoms with E-state index in [1.165, 1.54) is 23.8 Å². The van der Waals surface area contributed by atoms with Gasteiger partial charge in [0.2, 0.25) is 6.43 Å². The summed E-state index contributed by atoms with van der Waals surface area (Å²) in [6.45, 7) is 1.48. The van der Waals surface area contributed by atoms with Crippen molar-refractivity contribution >= 4 is 5.69 Å². The first-order valence-electron chi connectivity index (χ1n) is 4.71. The highest BCUT2D eigenvalue weighted by Crippen LogP contribution is 2.59. The van der Waals surface area contributed by atoms with Gasteiger partial charge in [-0.1, -0.05) is 6.92 Å². The number of halogens is 2. The molecule has 1 aromatic rings. The predicted octanol–water partition coefficient (Wildman–Crippen LogP) is 1.65. The number of nitrogen functional groups attached to an aromatic ring is 1. The van der Waals surface area contributed by atoms with Crippen LogP contribution in [0.25, 0.3) is 0 Å². The molecule has 0 amide bonds. The van der Waals surface area contributed by atoms with Gasteiger partial charge in [-0.2, -0.15) is 0 Å². The zero-order valence-corrected chi connectivity index (χ0v) is 8.28. The summed E-state index contributed by atoms with van der Waals surface area (Å²) in [5.41, 5.74) is 4.07. The molecule has 1 fully saturated rings. The highest BCUT2D eigenvalue weighted by atomic mass is 19.3. The third kappa shape index (κ3) is 1.42. The standard InChI is InChI=1S/C10H12F2N2O/c1-10(9(11)12)5-7(10)14-4-2-3-6(13)8(14)15/h2-4,7,9H,5,13H2,1H3/t7-,10-/m1/s1. The summed E-state index contributed by atoms with van der Waals surface area (Å²) in [5, 5.41) is 0. The summed E-state index contributed by atoms with van der Waals surface area (Å²) in [4.78, 5) is 11.6. The topological polar surface area (TPSA) is 48.0 Å². The minimum Gasteiger partial charge on any atom is -0.394 e. The lowest BCUT2D eigenvalue weighted by molar-refractivity contribution is 0.0631. The van der Waals surface area contributed by atoms with Crippen LogP contribution < -0.4 is 11.3 Å². The SMILES string of the molecule is C[C@@]1(C(F)F)C[C@H]1n1cccc(N)c1=O. The van der Waals surface area contributed by atoms with Crippen molar-refractivity contribution in [3.8, 4) is 0 Å². The molecule has 2 N–H and O–H groups in total. The van der Waals surface area contributed by atoms with E-state index in [-0.39, 0.29) is 11.2 Å². The van der Waals surface area contributed by atoms with Crippen LogP contribution in [-0.2, 0) is 0 Å². The Bertz CT molecular complexity index is 443. The largest absolute Gasteiger partial charge is 0.394 e. The number of hydrogen-bond acceptors (Lipinski definition) is 2. The summed E-state index contributed by atoms with van der Waals surface area (Å²) in [6, 6.07) is 2.65. The molecule has 82 valence electrons. The molecule has 0 aliphatic heterocycles. The van der Waals surface area contributed by atoms with Crippen LogP contribution in [0.2, 0.25) is 0 Å². The Kier molecular flexibility index (Phi) is 2.06.